The highest BCUT2D eigenvalue weighted by atomic mass is 16.5. The third-order valence-electron chi connectivity index (χ3n) is 6.98. The normalized spacial score (nSPS) is 15.1. The monoisotopic (exact) mass is 484 g/mol. The van der Waals surface area contributed by atoms with E-state index < -0.39 is 0 Å². The van der Waals surface area contributed by atoms with Crippen molar-refractivity contribution in [3.05, 3.63) is 90.1 Å². The molecule has 0 radical (unpaired) electrons. The fraction of sp³-hybridized carbons (Fsp3) is 0.276. The molecule has 186 valence electrons. The van der Waals surface area contributed by atoms with Crippen LogP contribution in [0.1, 0.15) is 17.0 Å². The first-order valence-electron chi connectivity index (χ1n) is 12.3. The second-order valence-corrected chi connectivity index (χ2v) is 9.17. The summed E-state index contributed by atoms with van der Waals surface area (Å²) in [5.74, 6) is 1.13. The Kier molecular flexibility index (Phi) is 7.09. The zero-order valence-electron chi connectivity index (χ0n) is 20.5. The zero-order valence-corrected chi connectivity index (χ0v) is 20.5. The van der Waals surface area contributed by atoms with Crippen molar-refractivity contribution in [2.75, 3.05) is 51.3 Å². The van der Waals surface area contributed by atoms with Gasteiger partial charge in [-0.05, 0) is 41.5 Å². The Labute approximate surface area is 211 Å². The van der Waals surface area contributed by atoms with Crippen LogP contribution in [0.5, 0.6) is 11.5 Å². The maximum atomic E-state index is 13.0. The molecule has 0 bridgehead atoms. The fourth-order valence-corrected chi connectivity index (χ4v) is 4.98. The summed E-state index contributed by atoms with van der Waals surface area (Å²) in [6.45, 7) is 3.95. The predicted octanol–water partition coefficient (Wildman–Crippen LogP) is 3.95. The number of aromatic nitrogens is 1. The first kappa shape index (κ1) is 23.8. The molecular weight excluding hydrogens is 452 g/mol. The second-order valence-electron chi connectivity index (χ2n) is 9.17. The van der Waals surface area contributed by atoms with Gasteiger partial charge in [-0.2, -0.15) is 0 Å². The molecule has 7 heteroatoms. The van der Waals surface area contributed by atoms with Crippen LogP contribution >= 0.6 is 0 Å². The van der Waals surface area contributed by atoms with Crippen molar-refractivity contribution in [1.82, 2.24) is 15.2 Å². The Morgan fingerprint density at radius 1 is 1.00 bits per heavy atom. The van der Waals surface area contributed by atoms with E-state index in [1.807, 2.05) is 48.7 Å². The van der Waals surface area contributed by atoms with Crippen LogP contribution in [0.3, 0.4) is 0 Å². The number of hydrogen-bond acceptors (Lipinski definition) is 5. The molecule has 1 amide bonds. The maximum absolute atomic E-state index is 13.0. The van der Waals surface area contributed by atoms with Crippen LogP contribution in [0.25, 0.3) is 10.9 Å². The van der Waals surface area contributed by atoms with E-state index >= 15 is 0 Å². The molecule has 0 aliphatic carbocycles. The molecule has 1 saturated heterocycles. The molecule has 0 spiro atoms. The molecule has 1 aliphatic heterocycles. The first-order chi connectivity index (χ1) is 17.6. The molecule has 0 unspecified atom stereocenters. The van der Waals surface area contributed by atoms with Crippen molar-refractivity contribution in [2.45, 2.75) is 5.92 Å². The number of aromatic hydroxyl groups is 1. The number of amides is 1. The minimum Gasteiger partial charge on any atom is -0.506 e. The van der Waals surface area contributed by atoms with Crippen LogP contribution in [-0.4, -0.2) is 67.3 Å². The van der Waals surface area contributed by atoms with Gasteiger partial charge in [0.15, 0.2) is 0 Å². The van der Waals surface area contributed by atoms with Gasteiger partial charge in [0.05, 0.1) is 19.3 Å². The van der Waals surface area contributed by atoms with E-state index in [9.17, 15) is 9.90 Å². The predicted molar refractivity (Wildman–Crippen MR) is 143 cm³/mol. The molecule has 3 aromatic carbocycles. The van der Waals surface area contributed by atoms with Gasteiger partial charge in [-0.3, -0.25) is 9.69 Å². The fourth-order valence-electron chi connectivity index (χ4n) is 4.98. The summed E-state index contributed by atoms with van der Waals surface area (Å²) in [5, 5.41) is 14.5. The number of rotatable bonds is 8. The minimum atomic E-state index is 0.00825. The number of carbonyl (C=O) groups is 1. The topological polar surface area (TPSA) is 80.8 Å². The molecule has 1 aliphatic rings. The number of anilines is 1. The smallest absolute Gasteiger partial charge is 0.234 e. The Balaban J connectivity index is 1.23. The lowest BCUT2D eigenvalue weighted by molar-refractivity contribution is -0.122. The summed E-state index contributed by atoms with van der Waals surface area (Å²) in [6.07, 6.45) is 2.05. The van der Waals surface area contributed by atoms with Gasteiger partial charge in [0.2, 0.25) is 5.91 Å². The number of piperazine rings is 1. The number of H-pyrrole nitrogens is 1. The van der Waals surface area contributed by atoms with Gasteiger partial charge in [-0.15, -0.1) is 0 Å². The number of aromatic amines is 1. The van der Waals surface area contributed by atoms with Crippen molar-refractivity contribution >= 4 is 22.5 Å². The van der Waals surface area contributed by atoms with Gasteiger partial charge in [0.1, 0.15) is 11.5 Å². The van der Waals surface area contributed by atoms with Gasteiger partial charge >= 0.3 is 0 Å². The highest BCUT2D eigenvalue weighted by molar-refractivity contribution is 5.84. The molecule has 36 heavy (non-hydrogen) atoms. The van der Waals surface area contributed by atoms with Gasteiger partial charge in [-0.1, -0.05) is 42.5 Å². The molecule has 1 atom stereocenters. The van der Waals surface area contributed by atoms with Gasteiger partial charge in [0.25, 0.3) is 0 Å². The summed E-state index contributed by atoms with van der Waals surface area (Å²) in [4.78, 5) is 20.7. The highest BCUT2D eigenvalue weighted by Crippen LogP contribution is 2.31. The molecule has 5 rings (SSSR count). The second kappa shape index (κ2) is 10.7. The third kappa shape index (κ3) is 5.16. The van der Waals surface area contributed by atoms with E-state index in [-0.39, 0.29) is 11.8 Å². The van der Waals surface area contributed by atoms with Crippen LogP contribution in [0.4, 0.5) is 5.69 Å². The standard InChI is InChI=1S/C29H32N4O3/c1-36-22-12-10-21(11-13-22)24(25-19-30-26-7-3-2-6-23(25)26)18-31-29(35)20-32-14-16-33(17-15-32)27-8-4-5-9-28(27)34/h2-13,19,24,30,34H,14-18,20H2,1H3,(H,31,35)/t24-/m1/s1. The molecular formula is C29H32N4O3. The Morgan fingerprint density at radius 3 is 2.47 bits per heavy atom. The minimum absolute atomic E-state index is 0.00825. The number of hydrogen-bond donors (Lipinski definition) is 3. The van der Waals surface area contributed by atoms with Crippen molar-refractivity contribution in [3.63, 3.8) is 0 Å². The third-order valence-corrected chi connectivity index (χ3v) is 6.98. The average Bonchev–Trinajstić information content (AvgIpc) is 3.34. The van der Waals surface area contributed by atoms with Gasteiger partial charge in [-0.25, -0.2) is 0 Å². The lowest BCUT2D eigenvalue weighted by atomic mass is 9.90. The van der Waals surface area contributed by atoms with Crippen LogP contribution < -0.4 is 15.0 Å². The molecule has 2 heterocycles. The Hall–Kier alpha value is -3.97. The first-order valence-corrected chi connectivity index (χ1v) is 12.3. The summed E-state index contributed by atoms with van der Waals surface area (Å²) in [6, 6.07) is 23.7. The van der Waals surface area contributed by atoms with Crippen LogP contribution in [0, 0.1) is 0 Å². The number of phenols is 1. The number of carbonyl (C=O) groups excluding carboxylic acids is 1. The van der Waals surface area contributed by atoms with Gasteiger partial charge in [0, 0.05) is 55.7 Å². The summed E-state index contributed by atoms with van der Waals surface area (Å²) in [7, 11) is 1.66. The van der Waals surface area contributed by atoms with E-state index in [2.05, 4.69) is 44.4 Å². The largest absolute Gasteiger partial charge is 0.506 e. The number of nitrogens with zero attached hydrogens (tertiary/aromatic N) is 2. The Bertz CT molecular complexity index is 1310. The van der Waals surface area contributed by atoms with Crippen LogP contribution in [-0.2, 0) is 4.79 Å². The molecule has 4 aromatic rings. The number of nitrogens with one attached hydrogen (secondary N) is 2. The highest BCUT2D eigenvalue weighted by Gasteiger charge is 2.23. The quantitative estimate of drug-likeness (QED) is 0.353. The zero-order chi connectivity index (χ0) is 24.9. The lowest BCUT2D eigenvalue weighted by Crippen LogP contribution is -2.49. The summed E-state index contributed by atoms with van der Waals surface area (Å²) in [5.41, 5.74) is 4.21. The average molecular weight is 485 g/mol. The summed E-state index contributed by atoms with van der Waals surface area (Å²) < 4.78 is 5.34. The lowest BCUT2D eigenvalue weighted by Gasteiger charge is -2.36. The Morgan fingerprint density at radius 2 is 1.72 bits per heavy atom. The van der Waals surface area contributed by atoms with Crippen molar-refractivity contribution in [1.29, 1.82) is 0 Å². The maximum Gasteiger partial charge on any atom is 0.234 e. The SMILES string of the molecule is COc1ccc([C@@H](CNC(=O)CN2CCN(c3ccccc3O)CC2)c2c[nH]c3ccccc23)cc1. The van der Waals surface area contributed by atoms with E-state index in [1.54, 1.807) is 13.2 Å². The molecule has 0 saturated carbocycles. The van der Waals surface area contributed by atoms with Crippen LogP contribution in [0.15, 0.2) is 79.0 Å². The number of benzene rings is 3. The van der Waals surface area contributed by atoms with Gasteiger partial charge < -0.3 is 25.0 Å². The molecule has 3 N–H and O–H groups in total. The van der Waals surface area contributed by atoms with Crippen LogP contribution in [0.2, 0.25) is 0 Å². The van der Waals surface area contributed by atoms with E-state index in [0.717, 1.165) is 59.6 Å². The van der Waals surface area contributed by atoms with Crippen molar-refractivity contribution in [2.24, 2.45) is 0 Å². The summed E-state index contributed by atoms with van der Waals surface area (Å²) >= 11 is 0. The van der Waals surface area contributed by atoms with E-state index in [4.69, 9.17) is 4.74 Å². The number of para-hydroxylation sites is 3. The molecule has 1 fully saturated rings. The number of methoxy groups -OCH3 is 1. The number of ether oxygens (including phenoxy) is 1. The van der Waals surface area contributed by atoms with E-state index in [1.165, 1.54) is 0 Å². The molecule has 1 aromatic heterocycles. The number of fused-ring (bicyclic) bond motifs is 1. The van der Waals surface area contributed by atoms with Crippen molar-refractivity contribution in [3.8, 4) is 11.5 Å². The molecule has 7 nitrogen and oxygen atoms in total. The van der Waals surface area contributed by atoms with E-state index in [0.29, 0.717) is 18.8 Å². The van der Waals surface area contributed by atoms with Crippen molar-refractivity contribution < 1.29 is 14.6 Å². The number of phenolic OH excluding ortho intramolecular Hbond substituents is 1.